The van der Waals surface area contributed by atoms with Crippen molar-refractivity contribution in [1.29, 1.82) is 0 Å². The molecule has 1 amide bonds. The second-order valence-electron chi connectivity index (χ2n) is 4.64. The molecule has 1 aliphatic carbocycles. The minimum atomic E-state index is -4.07. The molecule has 0 atom stereocenters. The summed E-state index contributed by atoms with van der Waals surface area (Å²) in [4.78, 5) is 11.6. The number of rotatable bonds is 5. The van der Waals surface area contributed by atoms with Crippen LogP contribution in [0.5, 0.6) is 0 Å². The standard InChI is InChI=1S/C11H13ClF2N2O3S/c12-20(18,19)8-4-9(16(5-8)6-10(13)14)11(17)15-7-2-1-3-7/h4-5,7,10H,1-3,6H2,(H,15,17). The molecule has 2 rings (SSSR count). The molecule has 0 unspecified atom stereocenters. The van der Waals surface area contributed by atoms with E-state index in [1.165, 1.54) is 0 Å². The molecule has 1 N–H and O–H groups in total. The lowest BCUT2D eigenvalue weighted by molar-refractivity contribution is 0.0895. The number of aromatic nitrogens is 1. The maximum absolute atomic E-state index is 12.5. The summed E-state index contributed by atoms with van der Waals surface area (Å²) in [5.74, 6) is -0.568. The van der Waals surface area contributed by atoms with Crippen LogP contribution in [0.2, 0.25) is 0 Å². The largest absolute Gasteiger partial charge is 0.348 e. The van der Waals surface area contributed by atoms with E-state index in [0.717, 1.165) is 36.1 Å². The predicted octanol–water partition coefficient (Wildman–Crippen LogP) is 1.96. The van der Waals surface area contributed by atoms with E-state index in [-0.39, 0.29) is 16.6 Å². The molecule has 0 aromatic carbocycles. The van der Waals surface area contributed by atoms with Gasteiger partial charge >= 0.3 is 0 Å². The fourth-order valence-electron chi connectivity index (χ4n) is 1.92. The Morgan fingerprint density at radius 1 is 1.50 bits per heavy atom. The van der Waals surface area contributed by atoms with Crippen molar-refractivity contribution in [2.75, 3.05) is 0 Å². The van der Waals surface area contributed by atoms with Gasteiger partial charge in [-0.2, -0.15) is 0 Å². The molecule has 1 heterocycles. The van der Waals surface area contributed by atoms with Gasteiger partial charge in [-0.05, 0) is 25.3 Å². The van der Waals surface area contributed by atoms with Gasteiger partial charge in [0.1, 0.15) is 10.6 Å². The van der Waals surface area contributed by atoms with Crippen LogP contribution in [-0.2, 0) is 15.6 Å². The second kappa shape index (κ2) is 5.69. The topological polar surface area (TPSA) is 68.2 Å². The first-order valence-corrected chi connectivity index (χ1v) is 8.32. The molecule has 1 aromatic heterocycles. The lowest BCUT2D eigenvalue weighted by Crippen LogP contribution is -2.40. The average molecular weight is 327 g/mol. The summed E-state index contributed by atoms with van der Waals surface area (Å²) in [6, 6.07) is 1.03. The van der Waals surface area contributed by atoms with Gasteiger partial charge < -0.3 is 9.88 Å². The third kappa shape index (κ3) is 3.49. The van der Waals surface area contributed by atoms with E-state index in [2.05, 4.69) is 5.32 Å². The first-order valence-electron chi connectivity index (χ1n) is 6.01. The van der Waals surface area contributed by atoms with Crippen LogP contribution in [0.25, 0.3) is 0 Å². The summed E-state index contributed by atoms with van der Waals surface area (Å²) in [5.41, 5.74) is -0.128. The van der Waals surface area contributed by atoms with Crippen molar-refractivity contribution in [3.05, 3.63) is 18.0 Å². The van der Waals surface area contributed by atoms with E-state index in [1.807, 2.05) is 0 Å². The Morgan fingerprint density at radius 3 is 2.60 bits per heavy atom. The Bertz CT molecular complexity index is 611. The van der Waals surface area contributed by atoms with Gasteiger partial charge in [-0.25, -0.2) is 17.2 Å². The Morgan fingerprint density at radius 2 is 2.15 bits per heavy atom. The number of carbonyl (C=O) groups is 1. The minimum absolute atomic E-state index is 0.0217. The first kappa shape index (κ1) is 15.2. The van der Waals surface area contributed by atoms with Crippen LogP contribution in [0.3, 0.4) is 0 Å². The van der Waals surface area contributed by atoms with Crippen LogP contribution >= 0.6 is 10.7 Å². The van der Waals surface area contributed by atoms with Gasteiger partial charge in [0.2, 0.25) is 0 Å². The maximum Gasteiger partial charge on any atom is 0.268 e. The first-order chi connectivity index (χ1) is 9.27. The van der Waals surface area contributed by atoms with Gasteiger partial charge in [-0.3, -0.25) is 4.79 Å². The summed E-state index contributed by atoms with van der Waals surface area (Å²) in [7, 11) is 1.10. The molecule has 1 fully saturated rings. The second-order valence-corrected chi connectivity index (χ2v) is 7.21. The van der Waals surface area contributed by atoms with Crippen molar-refractivity contribution in [2.45, 2.75) is 43.2 Å². The van der Waals surface area contributed by atoms with Gasteiger partial charge in [-0.15, -0.1) is 0 Å². The normalized spacial score (nSPS) is 16.2. The van der Waals surface area contributed by atoms with E-state index in [9.17, 15) is 22.0 Å². The van der Waals surface area contributed by atoms with Crippen LogP contribution in [0.1, 0.15) is 29.8 Å². The molecule has 0 radical (unpaired) electrons. The molecular formula is C11H13ClF2N2O3S. The molecule has 0 saturated heterocycles. The van der Waals surface area contributed by atoms with Crippen LogP contribution in [0.4, 0.5) is 8.78 Å². The molecule has 0 bridgehead atoms. The average Bonchev–Trinajstić information content (AvgIpc) is 2.65. The van der Waals surface area contributed by atoms with Crippen molar-refractivity contribution < 1.29 is 22.0 Å². The number of halogens is 3. The molecule has 0 spiro atoms. The van der Waals surface area contributed by atoms with Crippen LogP contribution in [0, 0.1) is 0 Å². The number of hydrogen-bond donors (Lipinski definition) is 1. The van der Waals surface area contributed by atoms with Gasteiger partial charge in [0.05, 0.1) is 6.54 Å². The molecule has 1 aliphatic rings. The number of hydrogen-bond acceptors (Lipinski definition) is 3. The van der Waals surface area contributed by atoms with Gasteiger partial charge in [-0.1, -0.05) is 0 Å². The van der Waals surface area contributed by atoms with Crippen LogP contribution < -0.4 is 5.32 Å². The smallest absolute Gasteiger partial charge is 0.268 e. The van der Waals surface area contributed by atoms with Gasteiger partial charge in [0, 0.05) is 22.9 Å². The summed E-state index contributed by atoms with van der Waals surface area (Å²) < 4.78 is 48.3. The number of carbonyl (C=O) groups excluding carboxylic acids is 1. The third-order valence-electron chi connectivity index (χ3n) is 3.16. The number of nitrogens with zero attached hydrogens (tertiary/aromatic N) is 1. The molecule has 0 aliphatic heterocycles. The number of amides is 1. The van der Waals surface area contributed by atoms with Crippen molar-refractivity contribution >= 4 is 25.6 Å². The Hall–Kier alpha value is -1.15. The van der Waals surface area contributed by atoms with E-state index >= 15 is 0 Å². The Kier molecular flexibility index (Phi) is 4.33. The van der Waals surface area contributed by atoms with Crippen molar-refractivity contribution in [2.24, 2.45) is 0 Å². The molecule has 112 valence electrons. The van der Waals surface area contributed by atoms with Crippen molar-refractivity contribution in [3.8, 4) is 0 Å². The summed E-state index contributed by atoms with van der Waals surface area (Å²) >= 11 is 0. The van der Waals surface area contributed by atoms with Crippen LogP contribution in [0.15, 0.2) is 17.2 Å². The Balaban J connectivity index is 2.28. The molecule has 1 aromatic rings. The zero-order valence-corrected chi connectivity index (χ0v) is 11.9. The molecular weight excluding hydrogens is 314 g/mol. The predicted molar refractivity (Wildman–Crippen MR) is 68.6 cm³/mol. The van der Waals surface area contributed by atoms with E-state index < -0.39 is 27.9 Å². The number of alkyl halides is 2. The zero-order valence-electron chi connectivity index (χ0n) is 10.4. The fraction of sp³-hybridized carbons (Fsp3) is 0.545. The monoisotopic (exact) mass is 326 g/mol. The zero-order chi connectivity index (χ0) is 14.9. The summed E-state index contributed by atoms with van der Waals surface area (Å²) in [5, 5.41) is 2.67. The lowest BCUT2D eigenvalue weighted by Gasteiger charge is -2.26. The highest BCUT2D eigenvalue weighted by molar-refractivity contribution is 8.13. The number of nitrogens with one attached hydrogen (secondary N) is 1. The van der Waals surface area contributed by atoms with E-state index in [0.29, 0.717) is 0 Å². The van der Waals surface area contributed by atoms with Gasteiger partial charge in [0.15, 0.2) is 0 Å². The summed E-state index contributed by atoms with van der Waals surface area (Å²) in [6.45, 7) is -0.764. The highest BCUT2D eigenvalue weighted by Crippen LogP contribution is 2.22. The summed E-state index contributed by atoms with van der Waals surface area (Å²) in [6.07, 6.45) is 0.918. The quantitative estimate of drug-likeness (QED) is 0.841. The maximum atomic E-state index is 12.5. The SMILES string of the molecule is O=C(NC1CCC1)c1cc(S(=O)(=O)Cl)cn1CC(F)F. The lowest BCUT2D eigenvalue weighted by atomic mass is 9.93. The minimum Gasteiger partial charge on any atom is -0.348 e. The van der Waals surface area contributed by atoms with Crippen LogP contribution in [-0.4, -0.2) is 31.4 Å². The van der Waals surface area contributed by atoms with E-state index in [1.54, 1.807) is 0 Å². The Labute approximate surface area is 119 Å². The fourth-order valence-corrected chi connectivity index (χ4v) is 2.68. The van der Waals surface area contributed by atoms with E-state index in [4.69, 9.17) is 10.7 Å². The molecule has 1 saturated carbocycles. The van der Waals surface area contributed by atoms with Crippen molar-refractivity contribution in [1.82, 2.24) is 9.88 Å². The van der Waals surface area contributed by atoms with Crippen molar-refractivity contribution in [3.63, 3.8) is 0 Å². The molecule has 20 heavy (non-hydrogen) atoms. The van der Waals surface area contributed by atoms with Gasteiger partial charge in [0.25, 0.3) is 21.4 Å². The highest BCUT2D eigenvalue weighted by Gasteiger charge is 2.25. The molecule has 5 nitrogen and oxygen atoms in total. The highest BCUT2D eigenvalue weighted by atomic mass is 35.7. The molecule has 9 heteroatoms. The third-order valence-corrected chi connectivity index (χ3v) is 4.48.